The molecule has 0 aliphatic heterocycles. The predicted octanol–water partition coefficient (Wildman–Crippen LogP) is 8.00. The van der Waals surface area contributed by atoms with Gasteiger partial charge in [0.05, 0.1) is 24.9 Å². The van der Waals surface area contributed by atoms with Gasteiger partial charge in [-0.1, -0.05) is 34.6 Å². The molecular weight excluding hydrogens is 544 g/mol. The molecule has 0 fully saturated rings. The summed E-state index contributed by atoms with van der Waals surface area (Å²) in [6, 6.07) is 19.0. The number of allylic oxidation sites excluding steroid dienone is 2. The second-order valence-electron chi connectivity index (χ2n) is 11.1. The molecule has 43 heavy (non-hydrogen) atoms. The minimum Gasteiger partial charge on any atom is -0.508 e. The summed E-state index contributed by atoms with van der Waals surface area (Å²) in [5.41, 5.74) is 7.48. The average Bonchev–Trinajstić information content (AvgIpc) is 3.85. The molecule has 4 heterocycles. The predicted molar refractivity (Wildman–Crippen MR) is 158 cm³/mol. The Morgan fingerprint density at radius 1 is 0.628 bits per heavy atom. The van der Waals surface area contributed by atoms with Crippen molar-refractivity contribution < 1.29 is 28.1 Å². The van der Waals surface area contributed by atoms with E-state index in [1.54, 1.807) is 37.1 Å². The van der Waals surface area contributed by atoms with Crippen LogP contribution in [-0.4, -0.2) is 20.5 Å². The van der Waals surface area contributed by atoms with Gasteiger partial charge < -0.3 is 28.1 Å². The van der Waals surface area contributed by atoms with Crippen molar-refractivity contribution in [1.82, 2.24) is 10.3 Å². The minimum atomic E-state index is -0.150. The molecule has 4 aromatic heterocycles. The van der Waals surface area contributed by atoms with Gasteiger partial charge in [0.1, 0.15) is 23.0 Å². The molecule has 0 saturated carbocycles. The Balaban J connectivity index is 1.11. The van der Waals surface area contributed by atoms with Crippen molar-refractivity contribution in [3.05, 3.63) is 142 Å². The molecule has 2 N–H and O–H groups in total. The van der Waals surface area contributed by atoms with Gasteiger partial charge in [-0.05, 0) is 90.1 Å². The number of aromatic nitrogens is 2. The monoisotopic (exact) mass is 570 g/mol. The van der Waals surface area contributed by atoms with Gasteiger partial charge in [0.2, 0.25) is 0 Å². The molecule has 2 atom stereocenters. The molecular formula is C35H26N2O6. The molecule has 8 heteroatoms. The Hall–Kier alpha value is -5.50. The molecule has 212 valence electrons. The van der Waals surface area contributed by atoms with E-state index in [9.17, 15) is 10.2 Å². The topological polar surface area (TPSA) is 119 Å². The minimum absolute atomic E-state index is 0.150. The Bertz CT molecular complexity index is 1850. The van der Waals surface area contributed by atoms with E-state index in [0.29, 0.717) is 30.8 Å². The number of benzene rings is 2. The number of rotatable bonds is 6. The van der Waals surface area contributed by atoms with Gasteiger partial charge in [0, 0.05) is 34.1 Å². The van der Waals surface area contributed by atoms with E-state index in [2.05, 4.69) is 10.3 Å². The van der Waals surface area contributed by atoms with Crippen molar-refractivity contribution >= 4 is 23.3 Å². The Labute approximate surface area is 246 Å². The van der Waals surface area contributed by atoms with Crippen molar-refractivity contribution in [2.45, 2.75) is 31.1 Å². The van der Waals surface area contributed by atoms with Crippen LogP contribution in [0.15, 0.2) is 103 Å². The van der Waals surface area contributed by atoms with Crippen LogP contribution in [0.4, 0.5) is 0 Å². The lowest BCUT2D eigenvalue weighted by Crippen LogP contribution is -2.08. The molecule has 0 saturated heterocycles. The third-order valence-electron chi connectivity index (χ3n) is 8.48. The molecule has 0 amide bonds. The van der Waals surface area contributed by atoms with E-state index in [1.807, 2.05) is 60.7 Å². The van der Waals surface area contributed by atoms with E-state index < -0.39 is 0 Å². The summed E-state index contributed by atoms with van der Waals surface area (Å²) in [4.78, 5) is 0. The largest absolute Gasteiger partial charge is 0.508 e. The zero-order chi connectivity index (χ0) is 28.9. The lowest BCUT2D eigenvalue weighted by atomic mass is 9.80. The van der Waals surface area contributed by atoms with Crippen molar-refractivity contribution in [1.29, 1.82) is 0 Å². The lowest BCUT2D eigenvalue weighted by Gasteiger charge is -2.23. The van der Waals surface area contributed by atoms with E-state index in [1.165, 1.54) is 0 Å². The maximum atomic E-state index is 11.0. The number of hydrogen-bond acceptors (Lipinski definition) is 8. The maximum absolute atomic E-state index is 11.0. The van der Waals surface area contributed by atoms with Crippen molar-refractivity contribution in [2.24, 2.45) is 0 Å². The summed E-state index contributed by atoms with van der Waals surface area (Å²) in [6.45, 7) is 0. The molecule has 0 spiro atoms. The molecule has 2 aliphatic carbocycles. The van der Waals surface area contributed by atoms with Crippen LogP contribution < -0.4 is 0 Å². The second kappa shape index (κ2) is 10.1. The Kier molecular flexibility index (Phi) is 5.92. The summed E-state index contributed by atoms with van der Waals surface area (Å²) in [5.74, 6) is 3.00. The van der Waals surface area contributed by atoms with Gasteiger partial charge in [-0.3, -0.25) is 0 Å². The van der Waals surface area contributed by atoms with E-state index in [-0.39, 0.29) is 23.3 Å². The third-order valence-corrected chi connectivity index (χ3v) is 8.48. The highest BCUT2D eigenvalue weighted by Gasteiger charge is 2.31. The van der Waals surface area contributed by atoms with Gasteiger partial charge in [0.15, 0.2) is 11.5 Å². The van der Waals surface area contributed by atoms with Crippen molar-refractivity contribution in [3.63, 3.8) is 0 Å². The fourth-order valence-electron chi connectivity index (χ4n) is 6.39. The van der Waals surface area contributed by atoms with Crippen molar-refractivity contribution in [2.75, 3.05) is 0 Å². The molecule has 0 bridgehead atoms. The molecule has 2 aromatic carbocycles. The summed E-state index contributed by atoms with van der Waals surface area (Å²) < 4.78 is 22.4. The van der Waals surface area contributed by atoms with Crippen LogP contribution in [0.25, 0.3) is 23.3 Å². The highest BCUT2D eigenvalue weighted by molar-refractivity contribution is 5.83. The fraction of sp³-hybridized carbons (Fsp3) is 0.143. The quantitative estimate of drug-likeness (QED) is 0.207. The second-order valence-corrected chi connectivity index (χ2v) is 11.1. The van der Waals surface area contributed by atoms with Gasteiger partial charge in [-0.2, -0.15) is 0 Å². The standard InChI is InChI=1S/C35H26N2O6/c38-30-7-5-20(12-26(30)24-14-22(32-3-1-9-40-32)16-34-28(24)18-36-42-34)11-21-6-8-31(39)27(13-21)25-15-23(33-4-2-10-41-33)17-35-29(25)19-37-43-35/h1-10,12-13,16-19,24-25,38-39H,11,14-15H2. The fourth-order valence-corrected chi connectivity index (χ4v) is 6.39. The van der Waals surface area contributed by atoms with Crippen LogP contribution in [0.1, 0.15) is 81.1 Å². The number of furan rings is 2. The summed E-state index contributed by atoms with van der Waals surface area (Å²) in [7, 11) is 0. The normalized spacial score (nSPS) is 17.7. The molecule has 8 nitrogen and oxygen atoms in total. The van der Waals surface area contributed by atoms with E-state index >= 15 is 0 Å². The average molecular weight is 571 g/mol. The third kappa shape index (κ3) is 4.48. The zero-order valence-electron chi connectivity index (χ0n) is 22.9. The number of fused-ring (bicyclic) bond motifs is 2. The first-order valence-electron chi connectivity index (χ1n) is 14.1. The smallest absolute Gasteiger partial charge is 0.163 e. The molecule has 0 radical (unpaired) electrons. The van der Waals surface area contributed by atoms with Crippen LogP contribution in [0.3, 0.4) is 0 Å². The first-order valence-corrected chi connectivity index (χ1v) is 14.1. The van der Waals surface area contributed by atoms with Gasteiger partial charge in [-0.25, -0.2) is 0 Å². The van der Waals surface area contributed by atoms with Crippen LogP contribution in [0.5, 0.6) is 11.5 Å². The number of nitrogens with zero attached hydrogens (tertiary/aromatic N) is 2. The molecule has 8 rings (SSSR count). The van der Waals surface area contributed by atoms with Gasteiger partial charge in [0.25, 0.3) is 0 Å². The van der Waals surface area contributed by atoms with E-state index in [0.717, 1.165) is 56.0 Å². The Morgan fingerprint density at radius 2 is 1.12 bits per heavy atom. The lowest BCUT2D eigenvalue weighted by molar-refractivity contribution is 0.410. The maximum Gasteiger partial charge on any atom is 0.163 e. The summed E-state index contributed by atoms with van der Waals surface area (Å²) in [5, 5.41) is 30.1. The van der Waals surface area contributed by atoms with Crippen LogP contribution in [0.2, 0.25) is 0 Å². The van der Waals surface area contributed by atoms with Crippen LogP contribution in [0, 0.1) is 0 Å². The molecule has 2 unspecified atom stereocenters. The molecule has 6 aromatic rings. The summed E-state index contributed by atoms with van der Waals surface area (Å²) >= 11 is 0. The van der Waals surface area contributed by atoms with Crippen LogP contribution >= 0.6 is 0 Å². The number of phenols is 2. The first kappa shape index (κ1) is 25.2. The van der Waals surface area contributed by atoms with Gasteiger partial charge >= 0.3 is 0 Å². The SMILES string of the molecule is Oc1ccc(Cc2ccc(O)c(C3CC(c4ccco4)=Cc4oncc43)c2)cc1C1CC(c2ccco2)=Cc2oncc21. The molecule has 2 aliphatic rings. The number of hydrogen-bond donors (Lipinski definition) is 2. The highest BCUT2D eigenvalue weighted by atomic mass is 16.5. The summed E-state index contributed by atoms with van der Waals surface area (Å²) in [6.07, 6.45) is 12.5. The van der Waals surface area contributed by atoms with Crippen LogP contribution in [-0.2, 0) is 6.42 Å². The number of phenolic OH excluding ortho intramolecular Hbond substituents is 2. The Morgan fingerprint density at radius 3 is 1.56 bits per heavy atom. The zero-order valence-corrected chi connectivity index (χ0v) is 22.9. The number of aromatic hydroxyl groups is 2. The van der Waals surface area contributed by atoms with Gasteiger partial charge in [-0.15, -0.1) is 0 Å². The van der Waals surface area contributed by atoms with Crippen molar-refractivity contribution in [3.8, 4) is 11.5 Å². The van der Waals surface area contributed by atoms with E-state index in [4.69, 9.17) is 17.9 Å². The first-order chi connectivity index (χ1) is 21.1. The highest BCUT2D eigenvalue weighted by Crippen LogP contribution is 2.46.